The van der Waals surface area contributed by atoms with Gasteiger partial charge < -0.3 is 10.1 Å². The number of pyridine rings is 1. The van der Waals surface area contributed by atoms with Crippen LogP contribution in [0.4, 0.5) is 0 Å². The predicted molar refractivity (Wildman–Crippen MR) is 82.4 cm³/mol. The Kier molecular flexibility index (Phi) is 5.17. The molecule has 5 heteroatoms. The molecule has 0 aliphatic rings. The minimum Gasteiger partial charge on any atom is -0.479 e. The smallest absolute Gasteiger partial charge is 0.261 e. The number of ether oxygens (including phenoxy) is 1. The van der Waals surface area contributed by atoms with E-state index < -0.39 is 6.10 Å². The molecule has 1 atom stereocenters. The van der Waals surface area contributed by atoms with Crippen molar-refractivity contribution in [3.8, 4) is 5.75 Å². The molecule has 1 aromatic heterocycles. The first kappa shape index (κ1) is 15.3. The van der Waals surface area contributed by atoms with Crippen molar-refractivity contribution in [3.63, 3.8) is 0 Å². The molecular formula is C16H17ClN2O2. The molecule has 2 aromatic rings. The zero-order valence-corrected chi connectivity index (χ0v) is 12.7. The van der Waals surface area contributed by atoms with Gasteiger partial charge in [0.15, 0.2) is 6.10 Å². The van der Waals surface area contributed by atoms with E-state index in [-0.39, 0.29) is 5.91 Å². The van der Waals surface area contributed by atoms with E-state index in [4.69, 9.17) is 16.3 Å². The van der Waals surface area contributed by atoms with Crippen LogP contribution >= 0.6 is 11.6 Å². The van der Waals surface area contributed by atoms with Gasteiger partial charge in [0.2, 0.25) is 0 Å². The number of aryl methyl sites for hydroxylation is 1. The van der Waals surface area contributed by atoms with Crippen molar-refractivity contribution >= 4 is 17.5 Å². The zero-order valence-electron chi connectivity index (χ0n) is 12.0. The van der Waals surface area contributed by atoms with Crippen LogP contribution in [0, 0.1) is 6.92 Å². The lowest BCUT2D eigenvalue weighted by molar-refractivity contribution is -0.127. The topological polar surface area (TPSA) is 51.2 Å². The fourth-order valence-corrected chi connectivity index (χ4v) is 1.94. The molecule has 0 fully saturated rings. The van der Waals surface area contributed by atoms with Crippen molar-refractivity contribution in [2.24, 2.45) is 0 Å². The van der Waals surface area contributed by atoms with Crippen molar-refractivity contribution < 1.29 is 9.53 Å². The molecule has 0 spiro atoms. The Morgan fingerprint density at radius 1 is 1.43 bits per heavy atom. The summed E-state index contributed by atoms with van der Waals surface area (Å²) in [6.07, 6.45) is 2.78. The van der Waals surface area contributed by atoms with Gasteiger partial charge in [-0.25, -0.2) is 0 Å². The number of nitrogens with zero attached hydrogens (tertiary/aromatic N) is 1. The second-order valence-corrected chi connectivity index (χ2v) is 5.18. The average molecular weight is 305 g/mol. The van der Waals surface area contributed by atoms with Gasteiger partial charge in [-0.05, 0) is 43.2 Å². The van der Waals surface area contributed by atoms with Crippen LogP contribution in [0.15, 0.2) is 42.7 Å². The molecule has 0 radical (unpaired) electrons. The van der Waals surface area contributed by atoms with Crippen LogP contribution < -0.4 is 10.1 Å². The Bertz CT molecular complexity index is 617. The van der Waals surface area contributed by atoms with Crippen LogP contribution in [-0.4, -0.2) is 17.0 Å². The van der Waals surface area contributed by atoms with Crippen LogP contribution in [0.1, 0.15) is 18.1 Å². The molecule has 0 saturated heterocycles. The van der Waals surface area contributed by atoms with Gasteiger partial charge in [-0.3, -0.25) is 9.78 Å². The molecule has 0 bridgehead atoms. The van der Waals surface area contributed by atoms with Crippen molar-refractivity contribution in [1.29, 1.82) is 0 Å². The highest BCUT2D eigenvalue weighted by Gasteiger charge is 2.15. The SMILES string of the molecule is Cc1ccc(Cl)c(OC(C)C(=O)NCc2cccnc2)c1. The minimum atomic E-state index is -0.624. The second kappa shape index (κ2) is 7.09. The van der Waals surface area contributed by atoms with Crippen LogP contribution in [0.5, 0.6) is 5.75 Å². The van der Waals surface area contributed by atoms with Crippen LogP contribution in [0.2, 0.25) is 5.02 Å². The van der Waals surface area contributed by atoms with E-state index in [0.717, 1.165) is 11.1 Å². The van der Waals surface area contributed by atoms with E-state index >= 15 is 0 Å². The Labute approximate surface area is 129 Å². The number of carbonyl (C=O) groups is 1. The van der Waals surface area contributed by atoms with Gasteiger partial charge in [0.25, 0.3) is 5.91 Å². The Morgan fingerprint density at radius 2 is 2.24 bits per heavy atom. The van der Waals surface area contributed by atoms with Crippen LogP contribution in [0.25, 0.3) is 0 Å². The molecule has 1 N–H and O–H groups in total. The first-order valence-electron chi connectivity index (χ1n) is 6.65. The molecule has 1 amide bonds. The van der Waals surface area contributed by atoms with Gasteiger partial charge in [-0.2, -0.15) is 0 Å². The summed E-state index contributed by atoms with van der Waals surface area (Å²) in [5, 5.41) is 3.30. The number of benzene rings is 1. The predicted octanol–water partition coefficient (Wildman–Crippen LogP) is 3.13. The highest BCUT2D eigenvalue weighted by molar-refractivity contribution is 6.32. The summed E-state index contributed by atoms with van der Waals surface area (Å²) in [5.41, 5.74) is 1.96. The Balaban J connectivity index is 1.92. The summed E-state index contributed by atoms with van der Waals surface area (Å²) < 4.78 is 5.62. The quantitative estimate of drug-likeness (QED) is 0.923. The van der Waals surface area contributed by atoms with Gasteiger partial charge in [0.1, 0.15) is 5.75 Å². The average Bonchev–Trinajstić information content (AvgIpc) is 2.49. The standard InChI is InChI=1S/C16H17ClN2O2/c1-11-5-6-14(17)15(8-11)21-12(2)16(20)19-10-13-4-3-7-18-9-13/h3-9,12H,10H2,1-2H3,(H,19,20). The van der Waals surface area contributed by atoms with E-state index in [2.05, 4.69) is 10.3 Å². The lowest BCUT2D eigenvalue weighted by atomic mass is 10.2. The van der Waals surface area contributed by atoms with Gasteiger partial charge in [-0.15, -0.1) is 0 Å². The van der Waals surface area contributed by atoms with Gasteiger partial charge in [-0.1, -0.05) is 23.7 Å². The van der Waals surface area contributed by atoms with Gasteiger partial charge in [0.05, 0.1) is 5.02 Å². The Morgan fingerprint density at radius 3 is 2.95 bits per heavy atom. The molecule has 21 heavy (non-hydrogen) atoms. The highest BCUT2D eigenvalue weighted by Crippen LogP contribution is 2.26. The monoisotopic (exact) mass is 304 g/mol. The van der Waals surface area contributed by atoms with E-state index in [1.54, 1.807) is 25.4 Å². The van der Waals surface area contributed by atoms with Crippen molar-refractivity contribution in [3.05, 3.63) is 58.9 Å². The van der Waals surface area contributed by atoms with Crippen molar-refractivity contribution in [1.82, 2.24) is 10.3 Å². The van der Waals surface area contributed by atoms with Crippen molar-refractivity contribution in [2.45, 2.75) is 26.5 Å². The van der Waals surface area contributed by atoms with Crippen molar-refractivity contribution in [2.75, 3.05) is 0 Å². The summed E-state index contributed by atoms with van der Waals surface area (Å²) in [4.78, 5) is 16.0. The number of carbonyl (C=O) groups excluding carboxylic acids is 1. The first-order valence-corrected chi connectivity index (χ1v) is 7.03. The van der Waals surface area contributed by atoms with Crippen LogP contribution in [-0.2, 0) is 11.3 Å². The third kappa shape index (κ3) is 4.46. The lowest BCUT2D eigenvalue weighted by Crippen LogP contribution is -2.36. The van der Waals surface area contributed by atoms with E-state index in [1.807, 2.05) is 31.2 Å². The normalized spacial score (nSPS) is 11.8. The number of halogens is 1. The first-order chi connectivity index (χ1) is 10.1. The summed E-state index contributed by atoms with van der Waals surface area (Å²) in [7, 11) is 0. The number of rotatable bonds is 5. The molecule has 1 aromatic carbocycles. The highest BCUT2D eigenvalue weighted by atomic mass is 35.5. The molecule has 110 valence electrons. The molecule has 2 rings (SSSR count). The zero-order chi connectivity index (χ0) is 15.2. The molecule has 4 nitrogen and oxygen atoms in total. The van der Waals surface area contributed by atoms with E-state index in [9.17, 15) is 4.79 Å². The molecule has 1 unspecified atom stereocenters. The maximum Gasteiger partial charge on any atom is 0.261 e. The number of hydrogen-bond donors (Lipinski definition) is 1. The molecule has 0 aliphatic carbocycles. The second-order valence-electron chi connectivity index (χ2n) is 4.77. The third-order valence-corrected chi connectivity index (χ3v) is 3.26. The Hall–Kier alpha value is -2.07. The molecule has 1 heterocycles. The summed E-state index contributed by atoms with van der Waals surface area (Å²) >= 11 is 6.05. The lowest BCUT2D eigenvalue weighted by Gasteiger charge is -2.16. The number of nitrogens with one attached hydrogen (secondary N) is 1. The minimum absolute atomic E-state index is 0.198. The van der Waals surface area contributed by atoms with Gasteiger partial charge >= 0.3 is 0 Å². The fraction of sp³-hybridized carbons (Fsp3) is 0.250. The summed E-state index contributed by atoms with van der Waals surface area (Å²) in [6, 6.07) is 9.19. The molecule has 0 saturated carbocycles. The van der Waals surface area contributed by atoms with Crippen LogP contribution in [0.3, 0.4) is 0 Å². The maximum absolute atomic E-state index is 12.0. The largest absolute Gasteiger partial charge is 0.479 e. The van der Waals surface area contributed by atoms with E-state index in [0.29, 0.717) is 17.3 Å². The van der Waals surface area contributed by atoms with Gasteiger partial charge in [0, 0.05) is 18.9 Å². The third-order valence-electron chi connectivity index (χ3n) is 2.95. The summed E-state index contributed by atoms with van der Waals surface area (Å²) in [5.74, 6) is 0.317. The molecule has 0 aliphatic heterocycles. The maximum atomic E-state index is 12.0. The number of hydrogen-bond acceptors (Lipinski definition) is 3. The number of amides is 1. The number of aromatic nitrogens is 1. The summed E-state index contributed by atoms with van der Waals surface area (Å²) in [6.45, 7) is 4.05. The fourth-order valence-electron chi connectivity index (χ4n) is 1.78. The molecular weight excluding hydrogens is 288 g/mol. The van der Waals surface area contributed by atoms with E-state index in [1.165, 1.54) is 0 Å².